The van der Waals surface area contributed by atoms with Gasteiger partial charge in [-0.3, -0.25) is 0 Å². The Balaban J connectivity index is 2.30. The summed E-state index contributed by atoms with van der Waals surface area (Å²) in [6, 6.07) is 7.14. The maximum absolute atomic E-state index is 13.2. The van der Waals surface area contributed by atoms with Crippen molar-refractivity contribution >= 4 is 21.1 Å². The Morgan fingerprint density at radius 2 is 1.50 bits per heavy atom. The number of hydrogen-bond donors (Lipinski definition) is 0. The topological polar surface area (TPSA) is 61.2 Å². The molecule has 0 atom stereocenters. The first-order valence-corrected chi connectivity index (χ1v) is 9.05. The van der Waals surface area contributed by atoms with Crippen LogP contribution in [0.1, 0.15) is 22.3 Å². The SMILES string of the molecule is COc1cc(C)c(C)cc1S(=O)(=O)n1cnc2cc(C)c(C)cc21. The highest BCUT2D eigenvalue weighted by Gasteiger charge is 2.25. The lowest BCUT2D eigenvalue weighted by molar-refractivity contribution is 0.402. The van der Waals surface area contributed by atoms with Gasteiger partial charge in [-0.1, -0.05) is 0 Å². The predicted molar refractivity (Wildman–Crippen MR) is 94.3 cm³/mol. The van der Waals surface area contributed by atoms with Gasteiger partial charge in [-0.2, -0.15) is 0 Å². The zero-order valence-electron chi connectivity index (χ0n) is 14.4. The summed E-state index contributed by atoms with van der Waals surface area (Å²) >= 11 is 0. The number of ether oxygens (including phenoxy) is 1. The Kier molecular flexibility index (Phi) is 3.87. The van der Waals surface area contributed by atoms with Gasteiger partial charge in [0.2, 0.25) is 0 Å². The van der Waals surface area contributed by atoms with E-state index in [1.54, 1.807) is 12.1 Å². The minimum atomic E-state index is -3.80. The average Bonchev–Trinajstić information content (AvgIpc) is 2.93. The van der Waals surface area contributed by atoms with Crippen LogP contribution in [0.3, 0.4) is 0 Å². The number of methoxy groups -OCH3 is 1. The second-order valence-electron chi connectivity index (χ2n) is 6.06. The molecule has 0 aliphatic carbocycles. The number of aryl methyl sites for hydroxylation is 4. The molecule has 0 unspecified atom stereocenters. The van der Waals surface area contributed by atoms with Crippen molar-refractivity contribution in [3.63, 3.8) is 0 Å². The van der Waals surface area contributed by atoms with Gasteiger partial charge in [-0.25, -0.2) is 17.4 Å². The average molecular weight is 344 g/mol. The van der Waals surface area contributed by atoms with E-state index in [1.165, 1.54) is 17.4 Å². The monoisotopic (exact) mass is 344 g/mol. The van der Waals surface area contributed by atoms with E-state index in [4.69, 9.17) is 4.74 Å². The summed E-state index contributed by atoms with van der Waals surface area (Å²) in [5, 5.41) is 0. The molecule has 0 saturated heterocycles. The molecule has 0 N–H and O–H groups in total. The van der Waals surface area contributed by atoms with E-state index in [-0.39, 0.29) is 4.90 Å². The first-order valence-electron chi connectivity index (χ1n) is 7.61. The minimum Gasteiger partial charge on any atom is -0.495 e. The zero-order valence-corrected chi connectivity index (χ0v) is 15.2. The van der Waals surface area contributed by atoms with Gasteiger partial charge in [0.15, 0.2) is 0 Å². The largest absolute Gasteiger partial charge is 0.495 e. The Labute approximate surface area is 142 Å². The van der Waals surface area contributed by atoms with Crippen LogP contribution in [0.25, 0.3) is 11.0 Å². The summed E-state index contributed by atoms with van der Waals surface area (Å²) in [6.07, 6.45) is 1.35. The number of nitrogens with zero attached hydrogens (tertiary/aromatic N) is 2. The molecule has 0 fully saturated rings. The van der Waals surface area contributed by atoms with Crippen LogP contribution in [0.2, 0.25) is 0 Å². The molecule has 3 aromatic rings. The van der Waals surface area contributed by atoms with Crippen LogP contribution in [0.15, 0.2) is 35.5 Å². The van der Waals surface area contributed by atoms with Crippen molar-refractivity contribution in [2.24, 2.45) is 0 Å². The molecule has 0 aliphatic heterocycles. The van der Waals surface area contributed by atoms with Gasteiger partial charge in [-0.05, 0) is 74.2 Å². The molecular formula is C18H20N2O3S. The van der Waals surface area contributed by atoms with Crippen molar-refractivity contribution in [2.75, 3.05) is 7.11 Å². The summed E-state index contributed by atoms with van der Waals surface area (Å²) in [7, 11) is -2.33. The predicted octanol–water partition coefficient (Wildman–Crippen LogP) is 3.52. The highest BCUT2D eigenvalue weighted by atomic mass is 32.2. The van der Waals surface area contributed by atoms with Crippen LogP contribution in [-0.2, 0) is 10.0 Å². The van der Waals surface area contributed by atoms with Gasteiger partial charge in [0.1, 0.15) is 17.0 Å². The number of fused-ring (bicyclic) bond motifs is 1. The minimum absolute atomic E-state index is 0.144. The van der Waals surface area contributed by atoms with Gasteiger partial charge in [0.25, 0.3) is 10.0 Å². The van der Waals surface area contributed by atoms with E-state index >= 15 is 0 Å². The highest BCUT2D eigenvalue weighted by Crippen LogP contribution is 2.31. The smallest absolute Gasteiger partial charge is 0.273 e. The van der Waals surface area contributed by atoms with Crippen LogP contribution >= 0.6 is 0 Å². The number of imidazole rings is 1. The van der Waals surface area contributed by atoms with Crippen molar-refractivity contribution in [3.8, 4) is 5.75 Å². The fourth-order valence-electron chi connectivity index (χ4n) is 2.66. The number of benzene rings is 2. The van der Waals surface area contributed by atoms with Gasteiger partial charge < -0.3 is 4.74 Å². The van der Waals surface area contributed by atoms with Crippen LogP contribution in [-0.4, -0.2) is 24.5 Å². The van der Waals surface area contributed by atoms with Crippen molar-refractivity contribution in [1.82, 2.24) is 8.96 Å². The van der Waals surface area contributed by atoms with E-state index < -0.39 is 10.0 Å². The van der Waals surface area contributed by atoms with E-state index in [1.807, 2.05) is 39.8 Å². The molecule has 1 heterocycles. The summed E-state index contributed by atoms with van der Waals surface area (Å²) in [5.74, 6) is 0.337. The fraction of sp³-hybridized carbons (Fsp3) is 0.278. The third-order valence-corrected chi connectivity index (χ3v) is 6.13. The molecule has 0 amide bonds. The molecule has 2 aromatic carbocycles. The molecule has 3 rings (SSSR count). The third-order valence-electron chi connectivity index (χ3n) is 4.45. The Hall–Kier alpha value is -2.34. The van der Waals surface area contributed by atoms with Gasteiger partial charge >= 0.3 is 0 Å². The Morgan fingerprint density at radius 1 is 0.917 bits per heavy atom. The van der Waals surface area contributed by atoms with Gasteiger partial charge in [-0.15, -0.1) is 0 Å². The standard InChI is InChI=1S/C18H20N2O3S/c1-11-6-15-16(7-12(11)2)20(10-19-15)24(21,22)18-9-14(4)13(3)8-17(18)23-5/h6-10H,1-5H3. The molecule has 5 nitrogen and oxygen atoms in total. The lowest BCUT2D eigenvalue weighted by Gasteiger charge is -2.13. The third kappa shape index (κ3) is 2.47. The normalized spacial score (nSPS) is 11.9. The van der Waals surface area contributed by atoms with Crippen LogP contribution in [0.4, 0.5) is 0 Å². The first kappa shape index (κ1) is 16.5. The second-order valence-corrected chi connectivity index (χ2v) is 7.84. The Morgan fingerprint density at radius 3 is 2.17 bits per heavy atom. The van der Waals surface area contributed by atoms with Gasteiger partial charge in [0, 0.05) is 0 Å². The second kappa shape index (κ2) is 5.63. The molecular weight excluding hydrogens is 324 g/mol. The Bertz CT molecular complexity index is 1050. The molecule has 0 bridgehead atoms. The maximum Gasteiger partial charge on any atom is 0.273 e. The summed E-state index contributed by atoms with van der Waals surface area (Å²) < 4.78 is 32.9. The van der Waals surface area contributed by atoms with Crippen molar-refractivity contribution in [3.05, 3.63) is 52.8 Å². The molecule has 126 valence electrons. The van der Waals surface area contributed by atoms with Crippen molar-refractivity contribution in [2.45, 2.75) is 32.6 Å². The maximum atomic E-state index is 13.2. The fourth-order valence-corrected chi connectivity index (χ4v) is 4.17. The molecule has 6 heteroatoms. The number of hydrogen-bond acceptors (Lipinski definition) is 4. The van der Waals surface area contributed by atoms with E-state index in [2.05, 4.69) is 4.98 Å². The number of rotatable bonds is 3. The van der Waals surface area contributed by atoms with E-state index in [0.717, 1.165) is 22.3 Å². The van der Waals surface area contributed by atoms with Crippen LogP contribution in [0, 0.1) is 27.7 Å². The lowest BCUT2D eigenvalue weighted by Crippen LogP contribution is -2.14. The van der Waals surface area contributed by atoms with E-state index in [0.29, 0.717) is 16.8 Å². The van der Waals surface area contributed by atoms with Crippen molar-refractivity contribution < 1.29 is 13.2 Å². The summed E-state index contributed by atoms with van der Waals surface area (Å²) in [4.78, 5) is 4.39. The molecule has 24 heavy (non-hydrogen) atoms. The molecule has 0 aliphatic rings. The molecule has 0 spiro atoms. The van der Waals surface area contributed by atoms with E-state index in [9.17, 15) is 8.42 Å². The summed E-state index contributed by atoms with van der Waals surface area (Å²) in [6.45, 7) is 7.74. The van der Waals surface area contributed by atoms with Crippen molar-refractivity contribution in [1.29, 1.82) is 0 Å². The lowest BCUT2D eigenvalue weighted by atomic mass is 10.1. The molecule has 1 aromatic heterocycles. The first-order chi connectivity index (χ1) is 11.3. The van der Waals surface area contributed by atoms with Crippen LogP contribution in [0.5, 0.6) is 5.75 Å². The molecule has 0 radical (unpaired) electrons. The quantitative estimate of drug-likeness (QED) is 0.729. The highest BCUT2D eigenvalue weighted by molar-refractivity contribution is 7.90. The van der Waals surface area contributed by atoms with Gasteiger partial charge in [0.05, 0.1) is 18.1 Å². The zero-order chi connectivity index (χ0) is 17.6. The summed E-state index contributed by atoms with van der Waals surface area (Å²) in [5.41, 5.74) is 5.20. The number of aromatic nitrogens is 2. The van der Waals surface area contributed by atoms with Crippen LogP contribution < -0.4 is 4.74 Å². The molecule has 0 saturated carbocycles.